The Morgan fingerprint density at radius 2 is 1.77 bits per heavy atom. The Morgan fingerprint density at radius 3 is 2.23 bits per heavy atom. The van der Waals surface area contributed by atoms with Gasteiger partial charge >= 0.3 is 0 Å². The lowest BCUT2D eigenvalue weighted by Crippen LogP contribution is -2.15. The number of nitrogens with zero attached hydrogens (tertiary/aromatic N) is 2. The molecule has 0 aliphatic heterocycles. The van der Waals surface area contributed by atoms with Gasteiger partial charge in [-0.15, -0.1) is 0 Å². The molecule has 0 unspecified atom stereocenters. The topological polar surface area (TPSA) is 73.2 Å². The molecule has 1 aromatic carbocycles. The molecular weight excluding hydrogens is 302 g/mol. The SMILES string of the molecule is Cc1nn(C)c(C)c1S(=O)(=O)Nc1ccc(OC(C)C)cc1. The summed E-state index contributed by atoms with van der Waals surface area (Å²) in [5.41, 5.74) is 1.57. The van der Waals surface area contributed by atoms with Crippen molar-refractivity contribution < 1.29 is 13.2 Å². The maximum atomic E-state index is 12.5. The van der Waals surface area contributed by atoms with E-state index in [1.165, 1.54) is 0 Å². The van der Waals surface area contributed by atoms with Crippen LogP contribution >= 0.6 is 0 Å². The molecule has 0 fully saturated rings. The van der Waals surface area contributed by atoms with Gasteiger partial charge in [0.05, 0.1) is 17.5 Å². The van der Waals surface area contributed by atoms with Gasteiger partial charge in [-0.3, -0.25) is 9.40 Å². The molecule has 1 aromatic heterocycles. The van der Waals surface area contributed by atoms with Crippen molar-refractivity contribution in [1.29, 1.82) is 0 Å². The summed E-state index contributed by atoms with van der Waals surface area (Å²) in [7, 11) is -1.94. The monoisotopic (exact) mass is 323 g/mol. The molecule has 1 heterocycles. The van der Waals surface area contributed by atoms with Gasteiger partial charge in [0.1, 0.15) is 10.6 Å². The van der Waals surface area contributed by atoms with Gasteiger partial charge in [0, 0.05) is 12.7 Å². The lowest BCUT2D eigenvalue weighted by molar-refractivity contribution is 0.242. The van der Waals surface area contributed by atoms with E-state index in [0.717, 1.165) is 0 Å². The maximum Gasteiger partial charge on any atom is 0.265 e. The van der Waals surface area contributed by atoms with Crippen LogP contribution in [0.1, 0.15) is 25.2 Å². The molecular formula is C15H21N3O3S. The molecule has 2 rings (SSSR count). The van der Waals surface area contributed by atoms with Gasteiger partial charge in [0.15, 0.2) is 0 Å². The molecule has 0 saturated heterocycles. The number of benzene rings is 1. The molecule has 1 N–H and O–H groups in total. The van der Waals surface area contributed by atoms with Gasteiger partial charge in [0.2, 0.25) is 0 Å². The Hall–Kier alpha value is -2.02. The number of rotatable bonds is 5. The second-order valence-corrected chi connectivity index (χ2v) is 7.04. The predicted molar refractivity (Wildman–Crippen MR) is 85.7 cm³/mol. The largest absolute Gasteiger partial charge is 0.491 e. The molecule has 7 heteroatoms. The van der Waals surface area contributed by atoms with Crippen molar-refractivity contribution in [2.45, 2.75) is 38.7 Å². The first-order valence-electron chi connectivity index (χ1n) is 7.00. The van der Waals surface area contributed by atoms with Crippen molar-refractivity contribution in [3.05, 3.63) is 35.7 Å². The first kappa shape index (κ1) is 16.4. The summed E-state index contributed by atoms with van der Waals surface area (Å²) < 4.78 is 34.7. The van der Waals surface area contributed by atoms with E-state index in [9.17, 15) is 8.42 Å². The number of aromatic nitrogens is 2. The molecule has 6 nitrogen and oxygen atoms in total. The minimum Gasteiger partial charge on any atom is -0.491 e. The number of aryl methyl sites for hydroxylation is 2. The Kier molecular flexibility index (Phi) is 4.46. The summed E-state index contributed by atoms with van der Waals surface area (Å²) in [5, 5.41) is 4.14. The summed E-state index contributed by atoms with van der Waals surface area (Å²) >= 11 is 0. The first-order chi connectivity index (χ1) is 10.2. The number of ether oxygens (including phenoxy) is 1. The van der Waals surface area contributed by atoms with Gasteiger partial charge in [0.25, 0.3) is 10.0 Å². The maximum absolute atomic E-state index is 12.5. The van der Waals surface area contributed by atoms with Crippen LogP contribution in [-0.2, 0) is 17.1 Å². The van der Waals surface area contributed by atoms with Crippen LogP contribution in [0.4, 0.5) is 5.69 Å². The third kappa shape index (κ3) is 3.41. The quantitative estimate of drug-likeness (QED) is 0.918. The van der Waals surface area contributed by atoms with Crippen LogP contribution in [-0.4, -0.2) is 24.3 Å². The van der Waals surface area contributed by atoms with Gasteiger partial charge < -0.3 is 4.74 Å². The summed E-state index contributed by atoms with van der Waals surface area (Å²) in [6.07, 6.45) is 0.0724. The fraction of sp³-hybridized carbons (Fsp3) is 0.400. The first-order valence-corrected chi connectivity index (χ1v) is 8.49. The molecule has 0 aliphatic rings. The molecule has 0 bridgehead atoms. The number of nitrogens with one attached hydrogen (secondary N) is 1. The molecule has 0 radical (unpaired) electrons. The van der Waals surface area contributed by atoms with Crippen molar-refractivity contribution in [2.24, 2.45) is 7.05 Å². The minimum absolute atomic E-state index is 0.0724. The van der Waals surface area contributed by atoms with E-state index in [0.29, 0.717) is 22.8 Å². The lowest BCUT2D eigenvalue weighted by Gasteiger charge is -2.11. The lowest BCUT2D eigenvalue weighted by atomic mass is 10.3. The highest BCUT2D eigenvalue weighted by atomic mass is 32.2. The average molecular weight is 323 g/mol. The predicted octanol–water partition coefficient (Wildman–Crippen LogP) is 2.62. The highest BCUT2D eigenvalue weighted by Gasteiger charge is 2.23. The highest BCUT2D eigenvalue weighted by molar-refractivity contribution is 7.92. The average Bonchev–Trinajstić information content (AvgIpc) is 2.65. The van der Waals surface area contributed by atoms with Crippen molar-refractivity contribution in [3.63, 3.8) is 0 Å². The fourth-order valence-corrected chi connectivity index (χ4v) is 3.72. The Balaban J connectivity index is 2.25. The summed E-state index contributed by atoms with van der Waals surface area (Å²) in [4.78, 5) is 0.220. The number of anilines is 1. The molecule has 0 spiro atoms. The zero-order valence-electron chi connectivity index (χ0n) is 13.4. The Bertz CT molecular complexity index is 762. The Morgan fingerprint density at radius 1 is 1.18 bits per heavy atom. The van der Waals surface area contributed by atoms with Crippen LogP contribution in [0.2, 0.25) is 0 Å². The third-order valence-corrected chi connectivity index (χ3v) is 4.82. The molecule has 0 atom stereocenters. The number of sulfonamides is 1. The minimum atomic E-state index is -3.66. The van der Waals surface area contributed by atoms with Crippen LogP contribution in [0.5, 0.6) is 5.75 Å². The van der Waals surface area contributed by atoms with Crippen LogP contribution < -0.4 is 9.46 Å². The van der Waals surface area contributed by atoms with E-state index in [1.807, 2.05) is 13.8 Å². The van der Waals surface area contributed by atoms with Crippen LogP contribution in [0.25, 0.3) is 0 Å². The van der Waals surface area contributed by atoms with Crippen molar-refractivity contribution in [2.75, 3.05) is 4.72 Å². The zero-order chi connectivity index (χ0) is 16.5. The van der Waals surface area contributed by atoms with E-state index in [1.54, 1.807) is 49.8 Å². The van der Waals surface area contributed by atoms with Crippen molar-refractivity contribution in [3.8, 4) is 5.75 Å². The zero-order valence-corrected chi connectivity index (χ0v) is 14.2. The second kappa shape index (κ2) is 6.00. The van der Waals surface area contributed by atoms with Gasteiger partial charge in [-0.1, -0.05) is 0 Å². The van der Waals surface area contributed by atoms with Crippen LogP contribution in [0, 0.1) is 13.8 Å². The standard InChI is InChI=1S/C15H21N3O3S/c1-10(2)21-14-8-6-13(7-9-14)17-22(19,20)15-11(3)16-18(5)12(15)4/h6-10,17H,1-5H3. The molecule has 0 amide bonds. The van der Waals surface area contributed by atoms with Gasteiger partial charge in [-0.25, -0.2) is 8.42 Å². The molecule has 2 aromatic rings. The second-order valence-electron chi connectivity index (χ2n) is 5.42. The highest BCUT2D eigenvalue weighted by Crippen LogP contribution is 2.23. The van der Waals surface area contributed by atoms with E-state index >= 15 is 0 Å². The number of hydrogen-bond donors (Lipinski definition) is 1. The van der Waals surface area contributed by atoms with Gasteiger partial charge in [-0.2, -0.15) is 5.10 Å². The third-order valence-electron chi connectivity index (χ3n) is 3.19. The van der Waals surface area contributed by atoms with E-state index in [2.05, 4.69) is 9.82 Å². The summed E-state index contributed by atoms with van der Waals surface area (Å²) in [6, 6.07) is 6.83. The van der Waals surface area contributed by atoms with Crippen molar-refractivity contribution in [1.82, 2.24) is 9.78 Å². The summed E-state index contributed by atoms with van der Waals surface area (Å²) in [5.74, 6) is 0.701. The van der Waals surface area contributed by atoms with Crippen molar-refractivity contribution >= 4 is 15.7 Å². The van der Waals surface area contributed by atoms with E-state index in [4.69, 9.17) is 4.74 Å². The molecule has 120 valence electrons. The molecule has 0 saturated carbocycles. The molecule has 0 aliphatic carbocycles. The van der Waals surface area contributed by atoms with E-state index in [-0.39, 0.29) is 11.0 Å². The smallest absolute Gasteiger partial charge is 0.265 e. The van der Waals surface area contributed by atoms with Crippen LogP contribution in [0.15, 0.2) is 29.2 Å². The normalized spacial score (nSPS) is 11.7. The molecule has 22 heavy (non-hydrogen) atoms. The van der Waals surface area contributed by atoms with E-state index < -0.39 is 10.0 Å². The van der Waals surface area contributed by atoms with Crippen LogP contribution in [0.3, 0.4) is 0 Å². The fourth-order valence-electron chi connectivity index (χ4n) is 2.22. The Labute approximate surface area is 131 Å². The van der Waals surface area contributed by atoms with Gasteiger partial charge in [-0.05, 0) is 52.0 Å². The number of hydrogen-bond acceptors (Lipinski definition) is 4. The summed E-state index contributed by atoms with van der Waals surface area (Å²) in [6.45, 7) is 7.28.